The van der Waals surface area contributed by atoms with Crippen molar-refractivity contribution in [2.75, 3.05) is 24.4 Å². The number of anilines is 2. The lowest BCUT2D eigenvalue weighted by atomic mass is 10.1. The predicted molar refractivity (Wildman–Crippen MR) is 159 cm³/mol. The molecule has 4 aromatic rings. The fourth-order valence-corrected chi connectivity index (χ4v) is 4.56. The van der Waals surface area contributed by atoms with Gasteiger partial charge < -0.3 is 25.3 Å². The zero-order chi connectivity index (χ0) is 29.5. The fraction of sp³-hybridized carbons (Fsp3) is 0.258. The maximum Gasteiger partial charge on any atom is 0.272 e. The Labute approximate surface area is 242 Å². The van der Waals surface area contributed by atoms with E-state index in [1.54, 1.807) is 63.4 Å². The van der Waals surface area contributed by atoms with E-state index in [4.69, 9.17) is 16.3 Å². The summed E-state index contributed by atoms with van der Waals surface area (Å²) < 4.78 is 20.7. The first-order valence-corrected chi connectivity index (χ1v) is 13.6. The topological polar surface area (TPSA) is 101 Å². The van der Waals surface area contributed by atoms with Gasteiger partial charge in [-0.25, -0.2) is 4.39 Å². The summed E-state index contributed by atoms with van der Waals surface area (Å²) in [4.78, 5) is 38.3. The first kappa shape index (κ1) is 29.8. The number of nitrogens with zero attached hydrogens (tertiary/aromatic N) is 1. The highest BCUT2D eigenvalue weighted by Gasteiger charge is 2.18. The standard InChI is InChI=1S/C31H32ClFN4O4/c1-19(2)29(38)34-18-20-8-10-26(32)25(14-20)30(39)35-24-9-11-27-21(15-24)16-28(37(27)12-5-13-41-3)31(40)36-23-7-4-6-22(33)17-23/h4,6-11,14-17,19H,5,12-13,18H2,1-3H3,(H,34,38)(H,35,39)(H,36,40). The van der Waals surface area contributed by atoms with Crippen LogP contribution in [0, 0.1) is 11.7 Å². The number of halogens is 2. The van der Waals surface area contributed by atoms with E-state index in [9.17, 15) is 18.8 Å². The second-order valence-corrected chi connectivity index (χ2v) is 10.3. The van der Waals surface area contributed by atoms with Gasteiger partial charge in [-0.3, -0.25) is 14.4 Å². The van der Waals surface area contributed by atoms with Gasteiger partial charge in [0.05, 0.1) is 10.6 Å². The molecular weight excluding hydrogens is 547 g/mol. The minimum absolute atomic E-state index is 0.0857. The van der Waals surface area contributed by atoms with Gasteiger partial charge >= 0.3 is 0 Å². The molecule has 1 heterocycles. The SMILES string of the molecule is COCCCn1c(C(=O)Nc2cccc(F)c2)cc2cc(NC(=O)c3cc(CNC(=O)C(C)C)ccc3Cl)ccc21. The number of aromatic nitrogens is 1. The number of ether oxygens (including phenoxy) is 1. The molecule has 0 aliphatic heterocycles. The zero-order valence-electron chi connectivity index (χ0n) is 23.1. The van der Waals surface area contributed by atoms with E-state index in [2.05, 4.69) is 16.0 Å². The van der Waals surface area contributed by atoms with Gasteiger partial charge in [0.15, 0.2) is 0 Å². The first-order valence-electron chi connectivity index (χ1n) is 13.2. The lowest BCUT2D eigenvalue weighted by Gasteiger charge is -2.12. The van der Waals surface area contributed by atoms with Crippen molar-refractivity contribution in [2.45, 2.75) is 33.4 Å². The van der Waals surface area contributed by atoms with Crippen molar-refractivity contribution in [3.8, 4) is 0 Å². The van der Waals surface area contributed by atoms with E-state index in [-0.39, 0.29) is 34.9 Å². The molecule has 0 aliphatic carbocycles. The number of fused-ring (bicyclic) bond motifs is 1. The van der Waals surface area contributed by atoms with Gasteiger partial charge in [-0.05, 0) is 66.6 Å². The molecule has 41 heavy (non-hydrogen) atoms. The van der Waals surface area contributed by atoms with Gasteiger partial charge in [0.1, 0.15) is 11.5 Å². The average molecular weight is 579 g/mol. The molecule has 0 unspecified atom stereocenters. The van der Waals surface area contributed by atoms with E-state index in [1.807, 2.05) is 10.6 Å². The van der Waals surface area contributed by atoms with E-state index in [0.717, 1.165) is 16.5 Å². The number of hydrogen-bond acceptors (Lipinski definition) is 4. The number of carbonyl (C=O) groups excluding carboxylic acids is 3. The van der Waals surface area contributed by atoms with Crippen molar-refractivity contribution in [1.82, 2.24) is 9.88 Å². The molecule has 3 aromatic carbocycles. The van der Waals surface area contributed by atoms with Gasteiger partial charge in [-0.15, -0.1) is 0 Å². The molecule has 214 valence electrons. The number of nitrogens with one attached hydrogen (secondary N) is 3. The Bertz CT molecular complexity index is 1580. The molecule has 0 radical (unpaired) electrons. The summed E-state index contributed by atoms with van der Waals surface area (Å²) >= 11 is 6.33. The monoisotopic (exact) mass is 578 g/mol. The summed E-state index contributed by atoms with van der Waals surface area (Å²) in [6.07, 6.45) is 0.672. The third kappa shape index (κ3) is 7.50. The van der Waals surface area contributed by atoms with Crippen molar-refractivity contribution >= 4 is 51.6 Å². The molecule has 10 heteroatoms. The van der Waals surface area contributed by atoms with Crippen molar-refractivity contribution in [3.05, 3.63) is 94.4 Å². The molecular formula is C31H32ClFN4O4. The van der Waals surface area contributed by atoms with Gasteiger partial charge in [0.2, 0.25) is 5.91 Å². The van der Waals surface area contributed by atoms with E-state index in [1.165, 1.54) is 18.2 Å². The summed E-state index contributed by atoms with van der Waals surface area (Å²) in [5, 5.41) is 9.48. The van der Waals surface area contributed by atoms with Gasteiger partial charge in [-0.2, -0.15) is 0 Å². The predicted octanol–water partition coefficient (Wildman–Crippen LogP) is 6.25. The molecule has 8 nitrogen and oxygen atoms in total. The number of hydrogen-bond donors (Lipinski definition) is 3. The molecule has 4 rings (SSSR count). The molecule has 0 atom stereocenters. The van der Waals surface area contributed by atoms with Gasteiger partial charge in [0, 0.05) is 55.0 Å². The third-order valence-electron chi connectivity index (χ3n) is 6.47. The molecule has 0 spiro atoms. The number of aryl methyl sites for hydroxylation is 1. The molecule has 3 amide bonds. The van der Waals surface area contributed by atoms with Crippen LogP contribution in [0.1, 0.15) is 46.7 Å². The van der Waals surface area contributed by atoms with Crippen molar-refractivity contribution in [1.29, 1.82) is 0 Å². The highest BCUT2D eigenvalue weighted by Crippen LogP contribution is 2.26. The summed E-state index contributed by atoms with van der Waals surface area (Å²) in [7, 11) is 1.62. The van der Waals surface area contributed by atoms with Crippen LogP contribution in [0.15, 0.2) is 66.7 Å². The molecule has 1 aromatic heterocycles. The van der Waals surface area contributed by atoms with Crippen LogP contribution in [-0.2, 0) is 22.6 Å². The lowest BCUT2D eigenvalue weighted by molar-refractivity contribution is -0.124. The number of amides is 3. The number of carbonyl (C=O) groups is 3. The van der Waals surface area contributed by atoms with Crippen LogP contribution in [0.3, 0.4) is 0 Å². The Morgan fingerprint density at radius 2 is 1.71 bits per heavy atom. The fourth-order valence-electron chi connectivity index (χ4n) is 4.35. The van der Waals surface area contributed by atoms with Crippen LogP contribution in [0.2, 0.25) is 5.02 Å². The molecule has 0 saturated carbocycles. The maximum atomic E-state index is 13.7. The summed E-state index contributed by atoms with van der Waals surface area (Å²) in [6, 6.07) is 17.8. The normalized spacial score (nSPS) is 11.1. The molecule has 0 fully saturated rings. The number of methoxy groups -OCH3 is 1. The smallest absolute Gasteiger partial charge is 0.272 e. The van der Waals surface area contributed by atoms with Crippen LogP contribution < -0.4 is 16.0 Å². The first-order chi connectivity index (χ1) is 19.7. The highest BCUT2D eigenvalue weighted by molar-refractivity contribution is 6.34. The number of benzene rings is 3. The van der Waals surface area contributed by atoms with Crippen molar-refractivity contribution in [2.24, 2.45) is 5.92 Å². The molecule has 3 N–H and O–H groups in total. The molecule has 0 aliphatic rings. The third-order valence-corrected chi connectivity index (χ3v) is 6.80. The van der Waals surface area contributed by atoms with Gasteiger partial charge in [0.25, 0.3) is 11.8 Å². The van der Waals surface area contributed by atoms with Crippen molar-refractivity contribution in [3.63, 3.8) is 0 Å². The van der Waals surface area contributed by atoms with Crippen LogP contribution in [-0.4, -0.2) is 36.0 Å². The summed E-state index contributed by atoms with van der Waals surface area (Å²) in [6.45, 7) is 4.92. The second-order valence-electron chi connectivity index (χ2n) is 9.91. The van der Waals surface area contributed by atoms with E-state index < -0.39 is 11.7 Å². The van der Waals surface area contributed by atoms with Crippen molar-refractivity contribution < 1.29 is 23.5 Å². The van der Waals surface area contributed by atoms with E-state index in [0.29, 0.717) is 36.6 Å². The maximum absolute atomic E-state index is 13.7. The minimum Gasteiger partial charge on any atom is -0.385 e. The Morgan fingerprint density at radius 1 is 0.951 bits per heavy atom. The molecule has 0 saturated heterocycles. The molecule has 0 bridgehead atoms. The number of rotatable bonds is 11. The van der Waals surface area contributed by atoms with E-state index >= 15 is 0 Å². The zero-order valence-corrected chi connectivity index (χ0v) is 23.8. The van der Waals surface area contributed by atoms with Crippen LogP contribution in [0.4, 0.5) is 15.8 Å². The lowest BCUT2D eigenvalue weighted by Crippen LogP contribution is -2.27. The van der Waals surface area contributed by atoms with Crippen LogP contribution in [0.5, 0.6) is 0 Å². The summed E-state index contributed by atoms with van der Waals surface area (Å²) in [5.74, 6) is -1.48. The Morgan fingerprint density at radius 3 is 2.44 bits per heavy atom. The quantitative estimate of drug-likeness (QED) is 0.183. The Hall–Kier alpha value is -4.21. The average Bonchev–Trinajstić information content (AvgIpc) is 3.30. The minimum atomic E-state index is -0.449. The largest absolute Gasteiger partial charge is 0.385 e. The summed E-state index contributed by atoms with van der Waals surface area (Å²) in [5.41, 5.74) is 3.07. The Balaban J connectivity index is 1.57. The highest BCUT2D eigenvalue weighted by atomic mass is 35.5. The van der Waals surface area contributed by atoms with Crippen LogP contribution in [0.25, 0.3) is 10.9 Å². The second kappa shape index (κ2) is 13.4. The Kier molecular flexibility index (Phi) is 9.75. The van der Waals surface area contributed by atoms with Crippen LogP contribution >= 0.6 is 11.6 Å². The van der Waals surface area contributed by atoms with Gasteiger partial charge in [-0.1, -0.05) is 37.6 Å².